The van der Waals surface area contributed by atoms with E-state index in [1.807, 2.05) is 36.5 Å². The lowest BCUT2D eigenvalue weighted by molar-refractivity contribution is 0.189. The third-order valence-corrected chi connectivity index (χ3v) is 5.70. The second-order valence-electron chi connectivity index (χ2n) is 6.14. The SMILES string of the molecule is Cc1cccc2nc(CN3CCc4sccc4[C@H]3C)cc(=O)n12. The number of hydrogen-bond acceptors (Lipinski definition) is 4. The fourth-order valence-corrected chi connectivity index (χ4v) is 4.39. The van der Waals surface area contributed by atoms with Gasteiger partial charge in [-0.25, -0.2) is 4.98 Å². The van der Waals surface area contributed by atoms with Crippen molar-refractivity contribution in [3.8, 4) is 0 Å². The molecule has 0 spiro atoms. The molecule has 4 rings (SSSR count). The molecule has 1 aliphatic heterocycles. The van der Waals surface area contributed by atoms with Crippen LogP contribution in [0.2, 0.25) is 0 Å². The topological polar surface area (TPSA) is 37.6 Å². The fraction of sp³-hybridized carbons (Fsp3) is 0.333. The molecule has 1 atom stereocenters. The summed E-state index contributed by atoms with van der Waals surface area (Å²) in [5.74, 6) is 0. The lowest BCUT2D eigenvalue weighted by Gasteiger charge is -2.33. The molecule has 5 heteroatoms. The molecule has 4 nitrogen and oxygen atoms in total. The fourth-order valence-electron chi connectivity index (χ4n) is 3.43. The van der Waals surface area contributed by atoms with Gasteiger partial charge in [0.15, 0.2) is 0 Å². The second-order valence-corrected chi connectivity index (χ2v) is 7.14. The van der Waals surface area contributed by atoms with Crippen LogP contribution < -0.4 is 5.56 Å². The summed E-state index contributed by atoms with van der Waals surface area (Å²) in [4.78, 5) is 21.0. The maximum absolute atomic E-state index is 12.4. The normalized spacial score (nSPS) is 18.3. The molecule has 1 aliphatic rings. The molecule has 0 N–H and O–H groups in total. The smallest absolute Gasteiger partial charge is 0.258 e. The number of aryl methyl sites for hydroxylation is 1. The van der Waals surface area contributed by atoms with E-state index >= 15 is 0 Å². The van der Waals surface area contributed by atoms with Crippen molar-refractivity contribution >= 4 is 17.0 Å². The Kier molecular flexibility index (Phi) is 3.54. The number of fused-ring (bicyclic) bond motifs is 2. The first-order valence-corrected chi connectivity index (χ1v) is 8.80. The minimum Gasteiger partial charge on any atom is -0.290 e. The number of aromatic nitrogens is 2. The van der Waals surface area contributed by atoms with E-state index in [9.17, 15) is 4.79 Å². The van der Waals surface area contributed by atoms with Gasteiger partial charge in [-0.1, -0.05) is 6.07 Å². The molecule has 23 heavy (non-hydrogen) atoms. The van der Waals surface area contributed by atoms with Crippen LogP contribution in [0.15, 0.2) is 40.5 Å². The zero-order valence-electron chi connectivity index (χ0n) is 13.3. The highest BCUT2D eigenvalue weighted by Gasteiger charge is 2.25. The Hall–Kier alpha value is -1.98. The van der Waals surface area contributed by atoms with Gasteiger partial charge in [-0.3, -0.25) is 14.1 Å². The van der Waals surface area contributed by atoms with Crippen molar-refractivity contribution in [3.05, 3.63) is 67.9 Å². The van der Waals surface area contributed by atoms with E-state index in [1.54, 1.807) is 10.5 Å². The zero-order chi connectivity index (χ0) is 16.0. The van der Waals surface area contributed by atoms with E-state index in [2.05, 4.69) is 23.3 Å². The molecule has 0 aliphatic carbocycles. The van der Waals surface area contributed by atoms with Crippen LogP contribution in [0, 0.1) is 6.92 Å². The molecule has 3 aromatic heterocycles. The Labute approximate surface area is 139 Å². The zero-order valence-corrected chi connectivity index (χ0v) is 14.1. The number of hydrogen-bond donors (Lipinski definition) is 0. The molecule has 0 amide bonds. The van der Waals surface area contributed by atoms with E-state index in [-0.39, 0.29) is 5.56 Å². The lowest BCUT2D eigenvalue weighted by atomic mass is 10.0. The first-order chi connectivity index (χ1) is 11.1. The predicted octanol–water partition coefficient (Wildman–Crippen LogP) is 3.18. The minimum atomic E-state index is 0.00369. The maximum Gasteiger partial charge on any atom is 0.258 e. The van der Waals surface area contributed by atoms with Gasteiger partial charge in [-0.15, -0.1) is 11.3 Å². The molecular weight excluding hydrogens is 306 g/mol. The first-order valence-electron chi connectivity index (χ1n) is 7.92. The van der Waals surface area contributed by atoms with Gasteiger partial charge in [0.25, 0.3) is 5.56 Å². The van der Waals surface area contributed by atoms with Crippen molar-refractivity contribution in [1.82, 2.24) is 14.3 Å². The van der Waals surface area contributed by atoms with Crippen molar-refractivity contribution in [2.75, 3.05) is 6.54 Å². The van der Waals surface area contributed by atoms with Gasteiger partial charge in [0.1, 0.15) is 5.65 Å². The van der Waals surface area contributed by atoms with Gasteiger partial charge in [-0.2, -0.15) is 0 Å². The van der Waals surface area contributed by atoms with Crippen LogP contribution in [-0.2, 0) is 13.0 Å². The van der Waals surface area contributed by atoms with E-state index in [0.29, 0.717) is 6.04 Å². The Morgan fingerprint density at radius 1 is 1.35 bits per heavy atom. The Morgan fingerprint density at radius 3 is 3.09 bits per heavy atom. The second kappa shape index (κ2) is 5.58. The van der Waals surface area contributed by atoms with E-state index in [0.717, 1.165) is 36.5 Å². The summed E-state index contributed by atoms with van der Waals surface area (Å²) in [6.45, 7) is 5.91. The van der Waals surface area contributed by atoms with Crippen molar-refractivity contribution < 1.29 is 0 Å². The summed E-state index contributed by atoms with van der Waals surface area (Å²) in [5, 5.41) is 2.17. The van der Waals surface area contributed by atoms with Gasteiger partial charge in [0.2, 0.25) is 0 Å². The monoisotopic (exact) mass is 325 g/mol. The van der Waals surface area contributed by atoms with Gasteiger partial charge < -0.3 is 0 Å². The van der Waals surface area contributed by atoms with Gasteiger partial charge in [0, 0.05) is 35.8 Å². The highest BCUT2D eigenvalue weighted by molar-refractivity contribution is 7.10. The molecule has 0 unspecified atom stereocenters. The third kappa shape index (κ3) is 2.50. The summed E-state index contributed by atoms with van der Waals surface area (Å²) < 4.78 is 1.67. The summed E-state index contributed by atoms with van der Waals surface area (Å²) >= 11 is 1.85. The number of pyridine rings is 1. The largest absolute Gasteiger partial charge is 0.290 e. The van der Waals surface area contributed by atoms with Crippen LogP contribution in [-0.4, -0.2) is 20.8 Å². The van der Waals surface area contributed by atoms with Crippen LogP contribution in [0.1, 0.15) is 34.8 Å². The first kappa shape index (κ1) is 14.6. The molecule has 0 saturated carbocycles. The molecule has 0 saturated heterocycles. The quantitative estimate of drug-likeness (QED) is 0.726. The number of rotatable bonds is 2. The lowest BCUT2D eigenvalue weighted by Crippen LogP contribution is -2.33. The highest BCUT2D eigenvalue weighted by atomic mass is 32.1. The average molecular weight is 325 g/mol. The summed E-state index contributed by atoms with van der Waals surface area (Å²) in [7, 11) is 0. The Balaban J connectivity index is 1.68. The number of thiophene rings is 1. The summed E-state index contributed by atoms with van der Waals surface area (Å²) in [6.07, 6.45) is 1.09. The minimum absolute atomic E-state index is 0.00369. The average Bonchev–Trinajstić information content (AvgIpc) is 2.99. The van der Waals surface area contributed by atoms with Gasteiger partial charge in [0.05, 0.1) is 5.69 Å². The molecule has 4 heterocycles. The predicted molar refractivity (Wildman–Crippen MR) is 93.0 cm³/mol. The standard InChI is InChI=1S/C18H19N3OS/c1-12-4-3-5-17-19-14(10-18(22)21(12)17)11-20-8-6-16-15(13(20)2)7-9-23-16/h3-5,7,9-10,13H,6,8,11H2,1-2H3/t13-/m1/s1. The van der Waals surface area contributed by atoms with Crippen LogP contribution in [0.4, 0.5) is 0 Å². The molecule has 0 bridgehead atoms. The molecule has 0 fully saturated rings. The summed E-state index contributed by atoms with van der Waals surface area (Å²) in [5.41, 5.74) is 3.93. The van der Waals surface area contributed by atoms with Crippen LogP contribution in [0.3, 0.4) is 0 Å². The van der Waals surface area contributed by atoms with E-state index in [4.69, 9.17) is 4.98 Å². The van der Waals surface area contributed by atoms with E-state index < -0.39 is 0 Å². The van der Waals surface area contributed by atoms with Crippen molar-refractivity contribution in [1.29, 1.82) is 0 Å². The molecule has 3 aromatic rings. The maximum atomic E-state index is 12.4. The summed E-state index contributed by atoms with van der Waals surface area (Å²) in [6, 6.07) is 10.1. The van der Waals surface area contributed by atoms with Crippen molar-refractivity contribution in [3.63, 3.8) is 0 Å². The van der Waals surface area contributed by atoms with Crippen molar-refractivity contribution in [2.45, 2.75) is 32.9 Å². The third-order valence-electron chi connectivity index (χ3n) is 4.70. The number of nitrogens with zero attached hydrogens (tertiary/aromatic N) is 3. The van der Waals surface area contributed by atoms with Crippen molar-refractivity contribution in [2.24, 2.45) is 0 Å². The van der Waals surface area contributed by atoms with Gasteiger partial charge >= 0.3 is 0 Å². The van der Waals surface area contributed by atoms with E-state index in [1.165, 1.54) is 10.4 Å². The Bertz CT molecular complexity index is 927. The van der Waals surface area contributed by atoms with Crippen LogP contribution in [0.25, 0.3) is 5.65 Å². The van der Waals surface area contributed by atoms with Crippen LogP contribution in [0.5, 0.6) is 0 Å². The van der Waals surface area contributed by atoms with Gasteiger partial charge in [-0.05, 0) is 49.4 Å². The molecule has 0 radical (unpaired) electrons. The Morgan fingerprint density at radius 2 is 2.22 bits per heavy atom. The molecule has 0 aromatic carbocycles. The molecular formula is C18H19N3OS. The highest BCUT2D eigenvalue weighted by Crippen LogP contribution is 2.33. The van der Waals surface area contributed by atoms with Crippen LogP contribution >= 0.6 is 11.3 Å². The molecule has 118 valence electrons.